The van der Waals surface area contributed by atoms with Crippen LogP contribution in [-0.4, -0.2) is 54.1 Å². The zero-order valence-electron chi connectivity index (χ0n) is 23.4. The number of piperazine rings is 1. The maximum Gasteiger partial charge on any atom is 0.318 e. The van der Waals surface area contributed by atoms with Crippen molar-refractivity contribution in [3.8, 4) is 11.3 Å². The van der Waals surface area contributed by atoms with E-state index in [1.54, 1.807) is 6.07 Å². The Morgan fingerprint density at radius 2 is 1.82 bits per heavy atom. The van der Waals surface area contributed by atoms with Gasteiger partial charge in [-0.1, -0.05) is 37.6 Å². The fourth-order valence-electron chi connectivity index (χ4n) is 5.49. The Bertz CT molecular complexity index is 1330. The van der Waals surface area contributed by atoms with Crippen LogP contribution in [0.15, 0.2) is 53.8 Å². The molecular formula is C30H37ClN6O2. The molecular weight excluding hydrogens is 512 g/mol. The highest BCUT2D eigenvalue weighted by atomic mass is 35.5. The largest absolute Gasteiger partial charge is 0.365 e. The predicted molar refractivity (Wildman–Crippen MR) is 160 cm³/mol. The molecule has 8 nitrogen and oxygen atoms in total. The van der Waals surface area contributed by atoms with Crippen LogP contribution in [-0.2, 0) is 0 Å². The van der Waals surface area contributed by atoms with Gasteiger partial charge in [0.1, 0.15) is 11.6 Å². The second kappa shape index (κ2) is 12.6. The average molecular weight is 549 g/mol. The van der Waals surface area contributed by atoms with Gasteiger partial charge < -0.3 is 14.7 Å². The van der Waals surface area contributed by atoms with Crippen molar-refractivity contribution < 1.29 is 4.79 Å². The van der Waals surface area contributed by atoms with E-state index in [4.69, 9.17) is 16.6 Å². The van der Waals surface area contributed by atoms with Crippen LogP contribution in [0, 0.1) is 11.8 Å². The van der Waals surface area contributed by atoms with Gasteiger partial charge >= 0.3 is 5.91 Å². The molecule has 5 rings (SSSR count). The van der Waals surface area contributed by atoms with E-state index < -0.39 is 5.91 Å². The molecule has 9 heteroatoms. The zero-order valence-corrected chi connectivity index (χ0v) is 24.1. The van der Waals surface area contributed by atoms with Gasteiger partial charge in [0, 0.05) is 72.0 Å². The molecule has 0 saturated carbocycles. The number of benzene rings is 1. The number of nitroso groups, excluding NO2 is 1. The number of aromatic nitrogens is 2. The number of carbonyl (C=O) groups excluding carboxylic acids is 1. The van der Waals surface area contributed by atoms with Crippen LogP contribution in [0.25, 0.3) is 11.3 Å². The second-order valence-corrected chi connectivity index (χ2v) is 10.4. The van der Waals surface area contributed by atoms with Crippen molar-refractivity contribution in [2.45, 2.75) is 59.5 Å². The molecule has 2 saturated heterocycles. The van der Waals surface area contributed by atoms with Gasteiger partial charge in [-0.15, -0.1) is 4.91 Å². The minimum absolute atomic E-state index is 0.214. The number of amides is 1. The van der Waals surface area contributed by atoms with Gasteiger partial charge in [0.25, 0.3) is 0 Å². The third-order valence-electron chi connectivity index (χ3n) is 7.40. The first kappa shape index (κ1) is 28.5. The number of nitrogens with zero attached hydrogens (tertiary/aromatic N) is 6. The highest BCUT2D eigenvalue weighted by molar-refractivity contribution is 6.30. The molecule has 0 bridgehead atoms. The van der Waals surface area contributed by atoms with E-state index in [9.17, 15) is 9.70 Å². The van der Waals surface area contributed by atoms with Gasteiger partial charge in [-0.25, -0.2) is 9.97 Å². The maximum absolute atomic E-state index is 11.6. The van der Waals surface area contributed by atoms with Crippen molar-refractivity contribution >= 4 is 34.8 Å². The molecule has 0 spiro atoms. The fourth-order valence-corrected chi connectivity index (χ4v) is 5.68. The molecule has 206 valence electrons. The normalized spacial score (nSPS) is 19.0. The fraction of sp³-hybridized carbons (Fsp3) is 0.433. The lowest BCUT2D eigenvalue weighted by molar-refractivity contribution is 0.100. The van der Waals surface area contributed by atoms with Crippen molar-refractivity contribution in [2.24, 2.45) is 5.18 Å². The number of hydrogen-bond acceptors (Lipinski definition) is 7. The maximum atomic E-state index is 11.6. The van der Waals surface area contributed by atoms with Gasteiger partial charge in [-0.05, 0) is 63.4 Å². The van der Waals surface area contributed by atoms with Gasteiger partial charge in [-0.2, -0.15) is 0 Å². The van der Waals surface area contributed by atoms with Crippen molar-refractivity contribution in [1.82, 2.24) is 9.97 Å². The lowest BCUT2D eigenvalue weighted by Gasteiger charge is -2.42. The molecule has 0 radical (unpaired) electrons. The average Bonchev–Trinajstić information content (AvgIpc) is 3.39. The monoisotopic (exact) mass is 548 g/mol. The summed E-state index contributed by atoms with van der Waals surface area (Å²) in [6, 6.07) is 14.6. The molecule has 2 atom stereocenters. The van der Waals surface area contributed by atoms with Crippen LogP contribution in [0.1, 0.15) is 56.5 Å². The van der Waals surface area contributed by atoms with Crippen LogP contribution >= 0.6 is 11.6 Å². The van der Waals surface area contributed by atoms with E-state index in [0.29, 0.717) is 11.1 Å². The van der Waals surface area contributed by atoms with E-state index in [0.717, 1.165) is 60.3 Å². The first-order valence-corrected chi connectivity index (χ1v) is 14.1. The molecule has 1 aromatic carbocycles. The third kappa shape index (κ3) is 6.22. The molecule has 2 fully saturated rings. The third-order valence-corrected chi connectivity index (χ3v) is 7.64. The topological polar surface area (TPSA) is 82.0 Å². The standard InChI is InChI=1S/C28H31ClN6O2.C2H6/c1-18-12-22(28(36)32-37)16-30-27(18)33-10-11-34(20(3)17-33)24-14-25(21-7-4-8-23(29)13-21)31-26(15-24)35-9-5-6-19(35)2;1-2/h4,7-8,12-16,19-20H,5-6,9-11,17H2,1-3H3;1-2H3. The number of aryl methyl sites for hydroxylation is 1. The second-order valence-electron chi connectivity index (χ2n) is 10.0. The molecule has 2 unspecified atom stereocenters. The quantitative estimate of drug-likeness (QED) is 0.326. The molecule has 2 aliphatic rings. The summed E-state index contributed by atoms with van der Waals surface area (Å²) in [6.45, 7) is 13.8. The molecule has 0 aliphatic carbocycles. The summed E-state index contributed by atoms with van der Waals surface area (Å²) < 4.78 is 0. The van der Waals surface area contributed by atoms with E-state index in [2.05, 4.69) is 56.9 Å². The van der Waals surface area contributed by atoms with Crippen molar-refractivity contribution in [3.05, 3.63) is 69.7 Å². The summed E-state index contributed by atoms with van der Waals surface area (Å²) in [5.74, 6) is 1.04. The summed E-state index contributed by atoms with van der Waals surface area (Å²) in [7, 11) is 0. The Balaban J connectivity index is 0.00000172. The summed E-state index contributed by atoms with van der Waals surface area (Å²) in [5, 5.41) is 3.20. The van der Waals surface area contributed by atoms with E-state index in [1.165, 1.54) is 19.0 Å². The number of carbonyl (C=O) groups is 1. The molecule has 1 amide bonds. The van der Waals surface area contributed by atoms with Crippen LogP contribution in [0.2, 0.25) is 5.02 Å². The van der Waals surface area contributed by atoms with Gasteiger partial charge in [0.15, 0.2) is 0 Å². The summed E-state index contributed by atoms with van der Waals surface area (Å²) >= 11 is 6.32. The Morgan fingerprint density at radius 3 is 2.46 bits per heavy atom. The Morgan fingerprint density at radius 1 is 1.03 bits per heavy atom. The first-order valence-electron chi connectivity index (χ1n) is 13.7. The number of halogens is 1. The predicted octanol–water partition coefficient (Wildman–Crippen LogP) is 6.74. The summed E-state index contributed by atoms with van der Waals surface area (Å²) in [6.07, 6.45) is 3.79. The van der Waals surface area contributed by atoms with Gasteiger partial charge in [0.2, 0.25) is 0 Å². The van der Waals surface area contributed by atoms with Crippen LogP contribution in [0.4, 0.5) is 17.3 Å². The molecule has 2 aromatic heterocycles. The number of rotatable bonds is 5. The number of hydrogen-bond donors (Lipinski definition) is 0. The lowest BCUT2D eigenvalue weighted by Crippen LogP contribution is -2.52. The minimum atomic E-state index is -0.795. The smallest absolute Gasteiger partial charge is 0.318 e. The van der Waals surface area contributed by atoms with Crippen molar-refractivity contribution in [1.29, 1.82) is 0 Å². The molecule has 2 aliphatic heterocycles. The van der Waals surface area contributed by atoms with Crippen LogP contribution in [0.5, 0.6) is 0 Å². The van der Waals surface area contributed by atoms with Crippen LogP contribution < -0.4 is 14.7 Å². The Hall–Kier alpha value is -3.52. The SMILES string of the molecule is CC.Cc1cc(C(=O)N=O)cnc1N1CCN(c2cc(-c3cccc(Cl)c3)nc(N3CCCC3C)c2)C(C)C1. The highest BCUT2D eigenvalue weighted by Crippen LogP contribution is 2.34. The highest BCUT2D eigenvalue weighted by Gasteiger charge is 2.28. The van der Waals surface area contributed by atoms with Crippen molar-refractivity contribution in [2.75, 3.05) is 40.9 Å². The minimum Gasteiger partial charge on any atom is -0.365 e. The zero-order chi connectivity index (χ0) is 28.1. The molecule has 39 heavy (non-hydrogen) atoms. The first-order chi connectivity index (χ1) is 18.8. The Kier molecular flexibility index (Phi) is 9.17. The Labute approximate surface area is 236 Å². The number of pyridine rings is 2. The van der Waals surface area contributed by atoms with E-state index >= 15 is 0 Å². The van der Waals surface area contributed by atoms with Gasteiger partial charge in [-0.3, -0.25) is 4.79 Å². The number of anilines is 3. The van der Waals surface area contributed by atoms with Crippen LogP contribution in [0.3, 0.4) is 0 Å². The molecule has 0 N–H and O–H groups in total. The van der Waals surface area contributed by atoms with E-state index in [1.807, 2.05) is 39.0 Å². The molecule has 4 heterocycles. The molecule has 3 aromatic rings. The lowest BCUT2D eigenvalue weighted by atomic mass is 10.1. The summed E-state index contributed by atoms with van der Waals surface area (Å²) in [5.41, 5.74) is 4.15. The summed E-state index contributed by atoms with van der Waals surface area (Å²) in [4.78, 5) is 38.9. The van der Waals surface area contributed by atoms with E-state index in [-0.39, 0.29) is 11.6 Å². The van der Waals surface area contributed by atoms with Gasteiger partial charge in [0.05, 0.1) is 11.3 Å². The van der Waals surface area contributed by atoms with Crippen molar-refractivity contribution in [3.63, 3.8) is 0 Å².